The van der Waals surface area contributed by atoms with Gasteiger partial charge < -0.3 is 14.7 Å². The van der Waals surface area contributed by atoms with Crippen molar-refractivity contribution in [2.45, 2.75) is 38.1 Å². The Bertz CT molecular complexity index is 579. The maximum Gasteiger partial charge on any atom is 0.229 e. The van der Waals surface area contributed by atoms with Gasteiger partial charge >= 0.3 is 0 Å². The van der Waals surface area contributed by atoms with Crippen LogP contribution in [0.25, 0.3) is 0 Å². The fourth-order valence-corrected chi connectivity index (χ4v) is 2.70. The number of hydrogen-bond acceptors (Lipinski definition) is 7. The summed E-state index contributed by atoms with van der Waals surface area (Å²) >= 11 is 0. The van der Waals surface area contributed by atoms with Gasteiger partial charge in [-0.05, 0) is 26.8 Å². The van der Waals surface area contributed by atoms with Gasteiger partial charge in [0.05, 0.1) is 6.20 Å². The maximum atomic E-state index is 5.46. The van der Waals surface area contributed by atoms with Crippen molar-refractivity contribution in [2.75, 3.05) is 25.0 Å². The molecule has 1 unspecified atom stereocenters. The Kier molecular flexibility index (Phi) is 4.62. The summed E-state index contributed by atoms with van der Waals surface area (Å²) < 4.78 is 5.46. The molecule has 1 atom stereocenters. The van der Waals surface area contributed by atoms with Crippen LogP contribution in [-0.4, -0.2) is 46.3 Å². The number of aromatic nitrogens is 4. The number of likely N-dealkylation sites (N-methyl/N-ethyl adjacent to an activating group) is 1. The van der Waals surface area contributed by atoms with E-state index in [1.54, 1.807) is 12.4 Å². The first-order valence-corrected chi connectivity index (χ1v) is 7.77. The van der Waals surface area contributed by atoms with Crippen molar-refractivity contribution in [1.82, 2.24) is 25.4 Å². The molecule has 7 heteroatoms. The predicted octanol–water partition coefficient (Wildman–Crippen LogP) is 1.39. The summed E-state index contributed by atoms with van der Waals surface area (Å²) in [4.78, 5) is 15.3. The summed E-state index contributed by atoms with van der Waals surface area (Å²) in [5.74, 6) is 2.85. The van der Waals surface area contributed by atoms with Crippen LogP contribution in [-0.2, 0) is 6.42 Å². The van der Waals surface area contributed by atoms with Crippen LogP contribution in [0.3, 0.4) is 0 Å². The van der Waals surface area contributed by atoms with Crippen molar-refractivity contribution in [1.29, 1.82) is 0 Å². The summed E-state index contributed by atoms with van der Waals surface area (Å²) in [7, 11) is 1.94. The lowest BCUT2D eigenvalue weighted by atomic mass is 9.97. The van der Waals surface area contributed by atoms with Crippen molar-refractivity contribution in [2.24, 2.45) is 0 Å². The molecule has 0 amide bonds. The van der Waals surface area contributed by atoms with Crippen LogP contribution >= 0.6 is 0 Å². The molecule has 1 fully saturated rings. The molecule has 0 spiro atoms. The van der Waals surface area contributed by atoms with Crippen LogP contribution in [0, 0.1) is 0 Å². The minimum absolute atomic E-state index is 0.346. The van der Waals surface area contributed by atoms with Crippen molar-refractivity contribution in [3.05, 3.63) is 30.3 Å². The predicted molar refractivity (Wildman–Crippen MR) is 82.7 cm³/mol. The van der Waals surface area contributed by atoms with Crippen molar-refractivity contribution >= 4 is 5.82 Å². The first-order chi connectivity index (χ1) is 10.8. The molecule has 0 saturated carbocycles. The van der Waals surface area contributed by atoms with Gasteiger partial charge in [-0.15, -0.1) is 0 Å². The van der Waals surface area contributed by atoms with Gasteiger partial charge in [0.1, 0.15) is 5.82 Å². The van der Waals surface area contributed by atoms with Gasteiger partial charge in [0.25, 0.3) is 0 Å². The Hall–Kier alpha value is -2.02. The molecule has 1 aliphatic rings. The summed E-state index contributed by atoms with van der Waals surface area (Å²) in [5, 5.41) is 7.28. The van der Waals surface area contributed by atoms with Crippen LogP contribution in [0.2, 0.25) is 0 Å². The minimum atomic E-state index is 0.346. The van der Waals surface area contributed by atoms with E-state index in [-0.39, 0.29) is 0 Å². The third-order valence-corrected chi connectivity index (χ3v) is 4.18. The Morgan fingerprint density at radius 1 is 1.36 bits per heavy atom. The van der Waals surface area contributed by atoms with Gasteiger partial charge in [0, 0.05) is 43.9 Å². The van der Waals surface area contributed by atoms with Crippen LogP contribution in [0.15, 0.2) is 23.1 Å². The topological polar surface area (TPSA) is 80.0 Å². The van der Waals surface area contributed by atoms with E-state index in [4.69, 9.17) is 4.52 Å². The first kappa shape index (κ1) is 14.9. The zero-order valence-corrected chi connectivity index (χ0v) is 13.1. The van der Waals surface area contributed by atoms with E-state index in [2.05, 4.69) is 37.2 Å². The monoisotopic (exact) mass is 302 g/mol. The zero-order valence-electron chi connectivity index (χ0n) is 13.1. The van der Waals surface area contributed by atoms with Crippen LogP contribution < -0.4 is 10.2 Å². The van der Waals surface area contributed by atoms with E-state index in [0.717, 1.165) is 49.9 Å². The lowest BCUT2D eigenvalue weighted by Crippen LogP contribution is -2.33. The zero-order chi connectivity index (χ0) is 15.4. The summed E-state index contributed by atoms with van der Waals surface area (Å²) in [6, 6.07) is 0.351. The molecule has 0 aliphatic carbocycles. The fraction of sp³-hybridized carbons (Fsp3) is 0.600. The van der Waals surface area contributed by atoms with Gasteiger partial charge in [-0.25, -0.2) is 4.98 Å². The molecule has 3 heterocycles. The molecular formula is C15H22N6O. The number of hydrogen-bond donors (Lipinski definition) is 1. The normalized spacial score (nSPS) is 17.6. The summed E-state index contributed by atoms with van der Waals surface area (Å²) in [6.45, 7) is 3.98. The number of rotatable bonds is 5. The van der Waals surface area contributed by atoms with E-state index in [9.17, 15) is 0 Å². The average molecular weight is 302 g/mol. The molecule has 1 aliphatic heterocycles. The van der Waals surface area contributed by atoms with Gasteiger partial charge in [-0.1, -0.05) is 5.16 Å². The smallest absolute Gasteiger partial charge is 0.229 e. The summed E-state index contributed by atoms with van der Waals surface area (Å²) in [5.41, 5.74) is 0. The van der Waals surface area contributed by atoms with E-state index in [1.807, 2.05) is 13.2 Å². The second-order valence-electron chi connectivity index (χ2n) is 5.77. The second kappa shape index (κ2) is 6.83. The third kappa shape index (κ3) is 3.41. The van der Waals surface area contributed by atoms with Gasteiger partial charge in [-0.2, -0.15) is 4.98 Å². The van der Waals surface area contributed by atoms with Crippen LogP contribution in [0.5, 0.6) is 0 Å². The molecule has 0 radical (unpaired) electrons. The largest absolute Gasteiger partial charge is 0.355 e. The summed E-state index contributed by atoms with van der Waals surface area (Å²) in [6.07, 6.45) is 8.03. The fourth-order valence-electron chi connectivity index (χ4n) is 2.70. The second-order valence-corrected chi connectivity index (χ2v) is 5.77. The van der Waals surface area contributed by atoms with Gasteiger partial charge in [-0.3, -0.25) is 4.98 Å². The first-order valence-electron chi connectivity index (χ1n) is 7.77. The van der Waals surface area contributed by atoms with E-state index in [0.29, 0.717) is 12.0 Å². The average Bonchev–Trinajstić information content (AvgIpc) is 3.04. The highest BCUT2D eigenvalue weighted by Gasteiger charge is 2.26. The number of anilines is 1. The van der Waals surface area contributed by atoms with Crippen LogP contribution in [0.1, 0.15) is 37.4 Å². The van der Waals surface area contributed by atoms with Gasteiger partial charge in [0.2, 0.25) is 5.89 Å². The number of nitrogens with zero attached hydrogens (tertiary/aromatic N) is 5. The Balaban J connectivity index is 1.57. The molecule has 1 N–H and O–H groups in total. The lowest BCUT2D eigenvalue weighted by Gasteiger charge is -2.30. The third-order valence-electron chi connectivity index (χ3n) is 4.18. The van der Waals surface area contributed by atoms with E-state index < -0.39 is 0 Å². The van der Waals surface area contributed by atoms with E-state index in [1.165, 1.54) is 0 Å². The molecule has 22 heavy (non-hydrogen) atoms. The molecule has 1 saturated heterocycles. The van der Waals surface area contributed by atoms with Crippen molar-refractivity contribution < 1.29 is 4.52 Å². The number of nitrogens with one attached hydrogen (secondary N) is 1. The molecule has 2 aromatic rings. The molecule has 3 rings (SSSR count). The molecular weight excluding hydrogens is 280 g/mol. The Labute approximate surface area is 130 Å². The van der Waals surface area contributed by atoms with Crippen LogP contribution in [0.4, 0.5) is 5.82 Å². The Morgan fingerprint density at radius 2 is 2.18 bits per heavy atom. The molecule has 7 nitrogen and oxygen atoms in total. The highest BCUT2D eigenvalue weighted by molar-refractivity contribution is 5.35. The quantitative estimate of drug-likeness (QED) is 0.894. The SMILES string of the molecule is CNC(C)Cc1noc(C2CCN(c3cnccn3)CC2)n1. The molecule has 0 bridgehead atoms. The maximum absolute atomic E-state index is 5.46. The highest BCUT2D eigenvalue weighted by atomic mass is 16.5. The minimum Gasteiger partial charge on any atom is -0.355 e. The van der Waals surface area contributed by atoms with E-state index >= 15 is 0 Å². The van der Waals surface area contributed by atoms with Crippen molar-refractivity contribution in [3.63, 3.8) is 0 Å². The highest BCUT2D eigenvalue weighted by Crippen LogP contribution is 2.28. The standard InChI is InChI=1S/C15H22N6O/c1-11(16-2)9-13-19-15(22-20-13)12-3-7-21(8-4-12)14-10-17-5-6-18-14/h5-6,10-12,16H,3-4,7-9H2,1-2H3. The van der Waals surface area contributed by atoms with Crippen molar-refractivity contribution in [3.8, 4) is 0 Å². The molecule has 0 aromatic carbocycles. The Morgan fingerprint density at radius 3 is 2.86 bits per heavy atom. The lowest BCUT2D eigenvalue weighted by molar-refractivity contribution is 0.325. The molecule has 2 aromatic heterocycles. The number of piperidine rings is 1. The van der Waals surface area contributed by atoms with Gasteiger partial charge in [0.15, 0.2) is 5.82 Å². The molecule has 118 valence electrons.